The molecule has 0 bridgehead atoms. The largest absolute Gasteiger partial charge is 0.478 e. The standard InChI is InChI=1S/C12H8BrF3N2O2/c13-7-1-2-8(17-3-7)4-18-5-9(11(19)20)10(6-18)12(14,15)16/h1-3,5-6H,4H2,(H,19,20). The van der Waals surface area contributed by atoms with Gasteiger partial charge in [0.05, 0.1) is 23.4 Å². The van der Waals surface area contributed by atoms with Gasteiger partial charge >= 0.3 is 12.1 Å². The predicted octanol–water partition coefficient (Wildman–Crippen LogP) is 3.41. The molecule has 2 rings (SSSR count). The normalized spacial score (nSPS) is 11.6. The Morgan fingerprint density at radius 1 is 1.35 bits per heavy atom. The summed E-state index contributed by atoms with van der Waals surface area (Å²) in [6, 6.07) is 3.34. The maximum absolute atomic E-state index is 12.7. The van der Waals surface area contributed by atoms with Crippen molar-refractivity contribution in [3.8, 4) is 0 Å². The molecule has 0 atom stereocenters. The molecular formula is C12H8BrF3N2O2. The number of aromatic carboxylic acids is 1. The average Bonchev–Trinajstić information content (AvgIpc) is 2.76. The van der Waals surface area contributed by atoms with Gasteiger partial charge in [-0.3, -0.25) is 4.98 Å². The second kappa shape index (κ2) is 5.28. The van der Waals surface area contributed by atoms with Gasteiger partial charge in [0.1, 0.15) is 0 Å². The van der Waals surface area contributed by atoms with E-state index >= 15 is 0 Å². The molecule has 0 aromatic carbocycles. The van der Waals surface area contributed by atoms with Gasteiger partial charge < -0.3 is 9.67 Å². The highest BCUT2D eigenvalue weighted by Crippen LogP contribution is 2.32. The number of carboxylic acid groups (broad SMARTS) is 1. The van der Waals surface area contributed by atoms with E-state index in [-0.39, 0.29) is 6.54 Å². The van der Waals surface area contributed by atoms with Crippen molar-refractivity contribution in [2.24, 2.45) is 0 Å². The third-order valence-electron chi connectivity index (χ3n) is 2.55. The van der Waals surface area contributed by atoms with Gasteiger partial charge in [0, 0.05) is 23.1 Å². The van der Waals surface area contributed by atoms with E-state index in [0.717, 1.165) is 21.4 Å². The van der Waals surface area contributed by atoms with Crippen molar-refractivity contribution in [3.05, 3.63) is 52.0 Å². The zero-order chi connectivity index (χ0) is 14.9. The van der Waals surface area contributed by atoms with Gasteiger partial charge in [-0.05, 0) is 28.1 Å². The number of alkyl halides is 3. The van der Waals surface area contributed by atoms with Crippen LogP contribution in [0.25, 0.3) is 0 Å². The molecule has 4 nitrogen and oxygen atoms in total. The molecule has 0 saturated heterocycles. The highest BCUT2D eigenvalue weighted by molar-refractivity contribution is 9.10. The van der Waals surface area contributed by atoms with Gasteiger partial charge in [0.15, 0.2) is 0 Å². The Hall–Kier alpha value is -1.83. The highest BCUT2D eigenvalue weighted by atomic mass is 79.9. The van der Waals surface area contributed by atoms with Crippen molar-refractivity contribution in [1.82, 2.24) is 9.55 Å². The van der Waals surface area contributed by atoms with Crippen LogP contribution in [0.1, 0.15) is 21.6 Å². The van der Waals surface area contributed by atoms with Gasteiger partial charge in [-0.15, -0.1) is 0 Å². The molecule has 106 valence electrons. The Labute approximate surface area is 120 Å². The van der Waals surface area contributed by atoms with Crippen LogP contribution in [-0.4, -0.2) is 20.6 Å². The zero-order valence-electron chi connectivity index (χ0n) is 9.86. The number of aromatic nitrogens is 2. The third-order valence-corrected chi connectivity index (χ3v) is 3.02. The molecule has 0 aliphatic rings. The van der Waals surface area contributed by atoms with E-state index in [1.165, 1.54) is 6.20 Å². The fourth-order valence-corrected chi connectivity index (χ4v) is 1.92. The lowest BCUT2D eigenvalue weighted by atomic mass is 10.2. The van der Waals surface area contributed by atoms with Crippen molar-refractivity contribution in [3.63, 3.8) is 0 Å². The van der Waals surface area contributed by atoms with Crippen molar-refractivity contribution < 1.29 is 23.1 Å². The molecule has 1 N–H and O–H groups in total. The molecule has 0 amide bonds. The van der Waals surface area contributed by atoms with Crippen LogP contribution in [0, 0.1) is 0 Å². The molecule has 2 aromatic rings. The first-order chi connectivity index (χ1) is 9.27. The second-order valence-electron chi connectivity index (χ2n) is 4.03. The SMILES string of the molecule is O=C(O)c1cn(Cc2ccc(Br)cn2)cc1C(F)(F)F. The molecule has 0 fully saturated rings. The van der Waals surface area contributed by atoms with Crippen LogP contribution in [0.2, 0.25) is 0 Å². The molecule has 0 aliphatic carbocycles. The minimum absolute atomic E-state index is 0.0592. The molecular weight excluding hydrogens is 341 g/mol. The van der Waals surface area contributed by atoms with Crippen LogP contribution in [0.3, 0.4) is 0 Å². The van der Waals surface area contributed by atoms with E-state index in [4.69, 9.17) is 5.11 Å². The number of nitrogens with zero attached hydrogens (tertiary/aromatic N) is 2. The predicted molar refractivity (Wildman–Crippen MR) is 67.4 cm³/mol. The van der Waals surface area contributed by atoms with Crippen LogP contribution in [0.5, 0.6) is 0 Å². The van der Waals surface area contributed by atoms with Crippen molar-refractivity contribution >= 4 is 21.9 Å². The molecule has 0 saturated carbocycles. The van der Waals surface area contributed by atoms with Gasteiger partial charge in [0.25, 0.3) is 0 Å². The molecule has 0 spiro atoms. The van der Waals surface area contributed by atoms with Crippen LogP contribution in [0.4, 0.5) is 13.2 Å². The third kappa shape index (κ3) is 3.19. The van der Waals surface area contributed by atoms with Gasteiger partial charge in [0.2, 0.25) is 0 Å². The first kappa shape index (κ1) is 14.6. The molecule has 8 heteroatoms. The Balaban J connectivity index is 2.34. The molecule has 2 aromatic heterocycles. The van der Waals surface area contributed by atoms with Gasteiger partial charge in [-0.25, -0.2) is 4.79 Å². The lowest BCUT2D eigenvalue weighted by molar-refractivity contribution is -0.138. The number of halogens is 4. The summed E-state index contributed by atoms with van der Waals surface area (Å²) in [5, 5.41) is 8.81. The number of carboxylic acids is 1. The summed E-state index contributed by atoms with van der Waals surface area (Å²) in [6.45, 7) is 0.0592. The minimum Gasteiger partial charge on any atom is -0.478 e. The van der Waals surface area contributed by atoms with Crippen molar-refractivity contribution in [2.75, 3.05) is 0 Å². The average molecular weight is 349 g/mol. The lowest BCUT2D eigenvalue weighted by Gasteiger charge is -2.04. The fourth-order valence-electron chi connectivity index (χ4n) is 1.68. The van der Waals surface area contributed by atoms with Crippen LogP contribution in [0.15, 0.2) is 35.2 Å². The van der Waals surface area contributed by atoms with Crippen LogP contribution in [-0.2, 0) is 12.7 Å². The lowest BCUT2D eigenvalue weighted by Crippen LogP contribution is -2.09. The van der Waals surface area contributed by atoms with E-state index in [2.05, 4.69) is 20.9 Å². The highest BCUT2D eigenvalue weighted by Gasteiger charge is 2.36. The Morgan fingerprint density at radius 2 is 2.05 bits per heavy atom. The summed E-state index contributed by atoms with van der Waals surface area (Å²) >= 11 is 3.20. The number of rotatable bonds is 3. The Kier molecular flexibility index (Phi) is 3.85. The minimum atomic E-state index is -4.70. The Morgan fingerprint density at radius 3 is 2.50 bits per heavy atom. The molecule has 0 radical (unpaired) electrons. The zero-order valence-corrected chi connectivity index (χ0v) is 11.4. The molecule has 0 unspecified atom stereocenters. The first-order valence-electron chi connectivity index (χ1n) is 5.38. The summed E-state index contributed by atoms with van der Waals surface area (Å²) in [7, 11) is 0. The smallest absolute Gasteiger partial charge is 0.418 e. The summed E-state index contributed by atoms with van der Waals surface area (Å²) in [5.74, 6) is -1.61. The van der Waals surface area contributed by atoms with Gasteiger partial charge in [-0.2, -0.15) is 13.2 Å². The Bertz CT molecular complexity index is 635. The maximum atomic E-state index is 12.7. The quantitative estimate of drug-likeness (QED) is 0.924. The van der Waals surface area contributed by atoms with E-state index < -0.39 is 23.3 Å². The van der Waals surface area contributed by atoms with Crippen LogP contribution >= 0.6 is 15.9 Å². The topological polar surface area (TPSA) is 55.1 Å². The summed E-state index contributed by atoms with van der Waals surface area (Å²) in [6.07, 6.45) is -1.46. The monoisotopic (exact) mass is 348 g/mol. The van der Waals surface area contributed by atoms with E-state index in [1.807, 2.05) is 0 Å². The fraction of sp³-hybridized carbons (Fsp3) is 0.167. The van der Waals surface area contributed by atoms with Crippen molar-refractivity contribution in [1.29, 1.82) is 0 Å². The number of hydrogen-bond acceptors (Lipinski definition) is 2. The van der Waals surface area contributed by atoms with Gasteiger partial charge in [-0.1, -0.05) is 0 Å². The molecule has 2 heterocycles. The second-order valence-corrected chi connectivity index (χ2v) is 4.94. The summed E-state index contributed by atoms with van der Waals surface area (Å²) < 4.78 is 40.0. The maximum Gasteiger partial charge on any atom is 0.418 e. The van der Waals surface area contributed by atoms with Crippen LogP contribution < -0.4 is 0 Å². The molecule has 20 heavy (non-hydrogen) atoms. The number of carbonyl (C=O) groups is 1. The summed E-state index contributed by atoms with van der Waals surface area (Å²) in [4.78, 5) is 14.9. The van der Waals surface area contributed by atoms with Crippen molar-refractivity contribution in [2.45, 2.75) is 12.7 Å². The number of pyridine rings is 1. The molecule has 0 aliphatic heterocycles. The first-order valence-corrected chi connectivity index (χ1v) is 6.17. The van der Waals surface area contributed by atoms with E-state index in [9.17, 15) is 18.0 Å². The van der Waals surface area contributed by atoms with E-state index in [1.54, 1.807) is 12.1 Å². The van der Waals surface area contributed by atoms with E-state index in [0.29, 0.717) is 5.69 Å². The summed E-state index contributed by atoms with van der Waals surface area (Å²) in [5.41, 5.74) is -1.41. The number of hydrogen-bond donors (Lipinski definition) is 1.